The first-order valence-electron chi connectivity index (χ1n) is 11.1. The first kappa shape index (κ1) is 24.9. The van der Waals surface area contributed by atoms with Crippen LogP contribution in [0.1, 0.15) is 40.0 Å². The van der Waals surface area contributed by atoms with Crippen molar-refractivity contribution in [3.05, 3.63) is 63.8 Å². The van der Waals surface area contributed by atoms with Gasteiger partial charge in [-0.1, -0.05) is 23.7 Å². The summed E-state index contributed by atoms with van der Waals surface area (Å²) in [6, 6.07) is 7.77. The molecule has 1 aromatic heterocycles. The molecule has 2 aromatic carbocycles. The Balaban J connectivity index is 1.46. The minimum Gasteiger partial charge on any atom is -0.396 e. The van der Waals surface area contributed by atoms with E-state index in [4.69, 9.17) is 16.7 Å². The highest BCUT2D eigenvalue weighted by atomic mass is 35.5. The molecule has 1 aliphatic carbocycles. The average molecular weight is 509 g/mol. The summed E-state index contributed by atoms with van der Waals surface area (Å²) in [6.07, 6.45) is -2.40. The average Bonchev–Trinajstić information content (AvgIpc) is 3.17. The highest BCUT2D eigenvalue weighted by Crippen LogP contribution is 2.36. The zero-order valence-corrected chi connectivity index (χ0v) is 19.3. The van der Waals surface area contributed by atoms with Crippen LogP contribution >= 0.6 is 11.6 Å². The molecule has 0 saturated carbocycles. The molecule has 0 fully saturated rings. The number of aromatic nitrogens is 1. The molecule has 3 amide bonds. The van der Waals surface area contributed by atoms with Crippen molar-refractivity contribution in [2.24, 2.45) is 0 Å². The van der Waals surface area contributed by atoms with Crippen molar-refractivity contribution in [3.8, 4) is 0 Å². The maximum Gasteiger partial charge on any atom is 0.417 e. The molecule has 0 bridgehead atoms. The van der Waals surface area contributed by atoms with Crippen LogP contribution in [0.25, 0.3) is 10.9 Å². The van der Waals surface area contributed by atoms with Crippen LogP contribution in [-0.4, -0.2) is 41.2 Å². The van der Waals surface area contributed by atoms with Gasteiger partial charge in [-0.05, 0) is 55.5 Å². The second-order valence-electron chi connectivity index (χ2n) is 8.37. The first-order chi connectivity index (χ1) is 16.7. The fraction of sp³-hybridized carbons (Fsp3) is 0.333. The topological polar surface area (TPSA) is 106 Å². The second-order valence-corrected chi connectivity index (χ2v) is 8.78. The van der Waals surface area contributed by atoms with Gasteiger partial charge in [-0.25, -0.2) is 4.79 Å². The molecular weight excluding hydrogens is 485 g/mol. The first-order valence-corrected chi connectivity index (χ1v) is 11.5. The molecule has 1 atom stereocenters. The molecule has 5 N–H and O–H groups in total. The lowest BCUT2D eigenvalue weighted by Crippen LogP contribution is -2.41. The summed E-state index contributed by atoms with van der Waals surface area (Å²) in [6.45, 7) is 0.357. The lowest BCUT2D eigenvalue weighted by Gasteiger charge is -2.24. The predicted molar refractivity (Wildman–Crippen MR) is 127 cm³/mol. The number of hydrogen-bond donors (Lipinski definition) is 5. The van der Waals surface area contributed by atoms with Crippen LogP contribution in [0, 0.1) is 0 Å². The van der Waals surface area contributed by atoms with Crippen molar-refractivity contribution in [1.29, 1.82) is 0 Å². The Bertz CT molecular complexity index is 1260. The van der Waals surface area contributed by atoms with Crippen LogP contribution in [0.4, 0.5) is 23.7 Å². The van der Waals surface area contributed by atoms with Gasteiger partial charge in [-0.3, -0.25) is 4.79 Å². The standard InChI is InChI=1S/C24H24ClF3N4O3/c25-19-7-5-14(12-18(19)24(26,27)28)31-23(35)30-13-6-8-20-17(11-13)15-3-1-4-16(21(15)32-20)22(34)29-9-2-10-33/h1,3-5,7,12-13,32-33H,2,6,8-11H2,(H,29,34)(H2,30,31,35). The molecule has 35 heavy (non-hydrogen) atoms. The van der Waals surface area contributed by atoms with Crippen molar-refractivity contribution in [2.45, 2.75) is 37.9 Å². The molecule has 0 radical (unpaired) electrons. The normalized spacial score (nSPS) is 15.5. The summed E-state index contributed by atoms with van der Waals surface area (Å²) in [7, 11) is 0. The van der Waals surface area contributed by atoms with Crippen molar-refractivity contribution in [1.82, 2.24) is 15.6 Å². The Kier molecular flexibility index (Phi) is 7.23. The number of rotatable bonds is 6. The van der Waals surface area contributed by atoms with Gasteiger partial charge in [0.25, 0.3) is 5.91 Å². The fourth-order valence-electron chi connectivity index (χ4n) is 4.30. The van der Waals surface area contributed by atoms with E-state index < -0.39 is 22.8 Å². The Morgan fingerprint density at radius 1 is 1.20 bits per heavy atom. The molecule has 0 saturated heterocycles. The number of fused-ring (bicyclic) bond motifs is 3. The maximum absolute atomic E-state index is 13.1. The number of carbonyl (C=O) groups excluding carboxylic acids is 2. The van der Waals surface area contributed by atoms with Crippen LogP contribution < -0.4 is 16.0 Å². The van der Waals surface area contributed by atoms with Crippen LogP contribution in [0.3, 0.4) is 0 Å². The Labute approximate surface area is 204 Å². The lowest BCUT2D eigenvalue weighted by molar-refractivity contribution is -0.137. The number of hydrogen-bond acceptors (Lipinski definition) is 3. The van der Waals surface area contributed by atoms with Crippen molar-refractivity contribution in [2.75, 3.05) is 18.5 Å². The van der Waals surface area contributed by atoms with E-state index in [1.807, 2.05) is 6.07 Å². The monoisotopic (exact) mass is 508 g/mol. The molecule has 0 aliphatic heterocycles. The van der Waals surface area contributed by atoms with E-state index in [1.54, 1.807) is 12.1 Å². The van der Waals surface area contributed by atoms with Crippen molar-refractivity contribution >= 4 is 40.1 Å². The van der Waals surface area contributed by atoms with Gasteiger partial charge in [0.15, 0.2) is 0 Å². The van der Waals surface area contributed by atoms with Crippen LogP contribution in [0.2, 0.25) is 5.02 Å². The Hall–Kier alpha value is -3.24. The summed E-state index contributed by atoms with van der Waals surface area (Å²) < 4.78 is 39.2. The molecule has 4 rings (SSSR count). The van der Waals surface area contributed by atoms with Gasteiger partial charge < -0.3 is 26.0 Å². The predicted octanol–water partition coefficient (Wildman–Crippen LogP) is 4.63. The Morgan fingerprint density at radius 2 is 2.00 bits per heavy atom. The minimum atomic E-state index is -4.63. The summed E-state index contributed by atoms with van der Waals surface area (Å²) in [5.74, 6) is -0.238. The van der Waals surface area contributed by atoms with E-state index in [-0.39, 0.29) is 24.2 Å². The quantitative estimate of drug-likeness (QED) is 0.313. The van der Waals surface area contributed by atoms with E-state index in [1.165, 1.54) is 6.07 Å². The number of carbonyl (C=O) groups is 2. The highest BCUT2D eigenvalue weighted by molar-refractivity contribution is 6.31. The number of benzene rings is 2. The summed E-state index contributed by atoms with van der Waals surface area (Å²) in [5.41, 5.74) is 2.16. The van der Waals surface area contributed by atoms with Gasteiger partial charge in [0.1, 0.15) is 0 Å². The molecule has 3 aromatic rings. The summed E-state index contributed by atoms with van der Waals surface area (Å²) in [4.78, 5) is 28.4. The number of para-hydroxylation sites is 1. The third-order valence-electron chi connectivity index (χ3n) is 5.95. The summed E-state index contributed by atoms with van der Waals surface area (Å²) in [5, 5.41) is 17.4. The van der Waals surface area contributed by atoms with Gasteiger partial charge in [0.2, 0.25) is 0 Å². The number of aliphatic hydroxyl groups is 1. The van der Waals surface area contributed by atoms with Gasteiger partial charge in [0, 0.05) is 36.0 Å². The van der Waals surface area contributed by atoms with Crippen molar-refractivity contribution < 1.29 is 27.9 Å². The molecular formula is C24H24ClF3N4O3. The SMILES string of the molecule is O=C(Nc1ccc(Cl)c(C(F)(F)F)c1)NC1CCc2[nH]c3c(C(=O)NCCCO)cccc3c2C1. The number of amides is 3. The number of aromatic amines is 1. The molecule has 11 heteroatoms. The Morgan fingerprint density at radius 3 is 2.74 bits per heavy atom. The minimum absolute atomic E-state index is 0.00917. The number of nitrogens with one attached hydrogen (secondary N) is 4. The molecule has 0 spiro atoms. The zero-order valence-electron chi connectivity index (χ0n) is 18.6. The van der Waals surface area contributed by atoms with E-state index in [9.17, 15) is 22.8 Å². The fourth-order valence-corrected chi connectivity index (χ4v) is 4.53. The number of anilines is 1. The molecule has 186 valence electrons. The van der Waals surface area contributed by atoms with Crippen LogP contribution in [-0.2, 0) is 19.0 Å². The molecule has 1 heterocycles. The van der Waals surface area contributed by atoms with Gasteiger partial charge in [-0.15, -0.1) is 0 Å². The highest BCUT2D eigenvalue weighted by Gasteiger charge is 2.33. The van der Waals surface area contributed by atoms with Gasteiger partial charge >= 0.3 is 12.2 Å². The van der Waals surface area contributed by atoms with Crippen LogP contribution in [0.15, 0.2) is 36.4 Å². The third-order valence-corrected chi connectivity index (χ3v) is 6.28. The molecule has 1 aliphatic rings. The number of urea groups is 1. The van der Waals surface area contributed by atoms with E-state index in [0.29, 0.717) is 43.3 Å². The van der Waals surface area contributed by atoms with Gasteiger partial charge in [0.05, 0.1) is 21.7 Å². The molecule has 7 nitrogen and oxygen atoms in total. The van der Waals surface area contributed by atoms with E-state index in [0.717, 1.165) is 28.8 Å². The lowest BCUT2D eigenvalue weighted by atomic mass is 9.91. The third kappa shape index (κ3) is 5.54. The number of alkyl halides is 3. The smallest absolute Gasteiger partial charge is 0.396 e. The van der Waals surface area contributed by atoms with E-state index in [2.05, 4.69) is 20.9 Å². The van der Waals surface area contributed by atoms with Gasteiger partial charge in [-0.2, -0.15) is 13.2 Å². The number of H-pyrrole nitrogens is 1. The number of aliphatic hydroxyl groups excluding tert-OH is 1. The number of aryl methyl sites for hydroxylation is 1. The molecule has 1 unspecified atom stereocenters. The van der Waals surface area contributed by atoms with Crippen LogP contribution in [0.5, 0.6) is 0 Å². The van der Waals surface area contributed by atoms with Crippen molar-refractivity contribution in [3.63, 3.8) is 0 Å². The zero-order chi connectivity index (χ0) is 25.2. The van der Waals surface area contributed by atoms with E-state index >= 15 is 0 Å². The second kappa shape index (κ2) is 10.2. The maximum atomic E-state index is 13.1. The largest absolute Gasteiger partial charge is 0.417 e. The summed E-state index contributed by atoms with van der Waals surface area (Å²) >= 11 is 5.63. The number of halogens is 4.